The second-order valence-electron chi connectivity index (χ2n) is 5.88. The van der Waals surface area contributed by atoms with Gasteiger partial charge in [-0.3, -0.25) is 4.90 Å². The molecule has 1 aromatic rings. The molecule has 0 aliphatic heterocycles. The predicted molar refractivity (Wildman–Crippen MR) is 87.3 cm³/mol. The van der Waals surface area contributed by atoms with Crippen molar-refractivity contribution in [3.8, 4) is 17.6 Å². The summed E-state index contributed by atoms with van der Waals surface area (Å²) in [4.78, 5) is 2.33. The number of hydrogen-bond acceptors (Lipinski definition) is 3. The van der Waals surface area contributed by atoms with Gasteiger partial charge in [-0.2, -0.15) is 0 Å². The molecule has 1 N–H and O–H groups in total. The van der Waals surface area contributed by atoms with E-state index in [0.29, 0.717) is 12.0 Å². The van der Waals surface area contributed by atoms with Gasteiger partial charge in [0.1, 0.15) is 12.4 Å². The Bertz CT molecular complexity index is 500. The van der Waals surface area contributed by atoms with Gasteiger partial charge in [-0.1, -0.05) is 25.7 Å². The Kier molecular flexibility index (Phi) is 7.28. The SMILES string of the molecule is COc1ccc(C#CCO)cc1CN(C)C(C)CC(C)C. The van der Waals surface area contributed by atoms with E-state index in [1.54, 1.807) is 7.11 Å². The van der Waals surface area contributed by atoms with Crippen molar-refractivity contribution in [2.75, 3.05) is 20.8 Å². The summed E-state index contributed by atoms with van der Waals surface area (Å²) in [5.41, 5.74) is 2.03. The van der Waals surface area contributed by atoms with Crippen LogP contribution in [0.2, 0.25) is 0 Å². The number of nitrogens with zero attached hydrogens (tertiary/aromatic N) is 1. The van der Waals surface area contributed by atoms with Gasteiger partial charge in [0.15, 0.2) is 0 Å². The van der Waals surface area contributed by atoms with E-state index in [-0.39, 0.29) is 6.61 Å². The van der Waals surface area contributed by atoms with Crippen molar-refractivity contribution in [1.29, 1.82) is 0 Å². The van der Waals surface area contributed by atoms with Crippen LogP contribution >= 0.6 is 0 Å². The first-order valence-corrected chi connectivity index (χ1v) is 7.44. The minimum Gasteiger partial charge on any atom is -0.496 e. The quantitative estimate of drug-likeness (QED) is 0.817. The maximum absolute atomic E-state index is 8.79. The highest BCUT2D eigenvalue weighted by molar-refractivity contribution is 5.44. The first-order valence-electron chi connectivity index (χ1n) is 7.44. The van der Waals surface area contributed by atoms with Crippen LogP contribution < -0.4 is 4.74 Å². The molecule has 0 aliphatic carbocycles. The lowest BCUT2D eigenvalue weighted by Crippen LogP contribution is -2.29. The molecule has 0 saturated heterocycles. The molecule has 0 aliphatic rings. The number of aliphatic hydroxyl groups excluding tert-OH is 1. The van der Waals surface area contributed by atoms with E-state index in [2.05, 4.69) is 44.6 Å². The summed E-state index contributed by atoms with van der Waals surface area (Å²) in [6.45, 7) is 7.45. The third-order valence-corrected chi connectivity index (χ3v) is 3.58. The molecular formula is C18H27NO2. The smallest absolute Gasteiger partial charge is 0.123 e. The van der Waals surface area contributed by atoms with Crippen LogP contribution in [0.4, 0.5) is 0 Å². The summed E-state index contributed by atoms with van der Waals surface area (Å²) >= 11 is 0. The van der Waals surface area contributed by atoms with E-state index in [9.17, 15) is 0 Å². The highest BCUT2D eigenvalue weighted by Crippen LogP contribution is 2.22. The molecular weight excluding hydrogens is 262 g/mol. The van der Waals surface area contributed by atoms with Crippen LogP contribution in [-0.4, -0.2) is 36.8 Å². The van der Waals surface area contributed by atoms with Gasteiger partial charge in [0, 0.05) is 23.7 Å². The molecule has 0 amide bonds. The Hall–Kier alpha value is -1.50. The molecule has 1 atom stereocenters. The molecule has 21 heavy (non-hydrogen) atoms. The zero-order valence-corrected chi connectivity index (χ0v) is 13.8. The molecule has 0 bridgehead atoms. The normalized spacial score (nSPS) is 12.2. The summed E-state index contributed by atoms with van der Waals surface area (Å²) in [5.74, 6) is 7.20. The van der Waals surface area contributed by atoms with Crippen LogP contribution in [0.1, 0.15) is 38.3 Å². The van der Waals surface area contributed by atoms with Gasteiger partial charge in [-0.15, -0.1) is 0 Å². The molecule has 3 heteroatoms. The number of hydrogen-bond donors (Lipinski definition) is 1. The van der Waals surface area contributed by atoms with Crippen LogP contribution in [-0.2, 0) is 6.54 Å². The number of methoxy groups -OCH3 is 1. The number of rotatable bonds is 6. The summed E-state index contributed by atoms with van der Waals surface area (Å²) in [5, 5.41) is 8.79. The fraction of sp³-hybridized carbons (Fsp3) is 0.556. The molecule has 1 aromatic carbocycles. The number of benzene rings is 1. The van der Waals surface area contributed by atoms with E-state index in [1.165, 1.54) is 6.42 Å². The van der Waals surface area contributed by atoms with Crippen LogP contribution in [0, 0.1) is 17.8 Å². The predicted octanol–water partition coefficient (Wildman–Crippen LogP) is 2.91. The second-order valence-corrected chi connectivity index (χ2v) is 5.88. The Balaban J connectivity index is 2.89. The van der Waals surface area contributed by atoms with Gasteiger partial charge in [-0.05, 0) is 44.5 Å². The van der Waals surface area contributed by atoms with Crippen molar-refractivity contribution < 1.29 is 9.84 Å². The summed E-state index contributed by atoms with van der Waals surface area (Å²) in [6.07, 6.45) is 1.17. The average Bonchev–Trinajstić information content (AvgIpc) is 2.44. The minimum atomic E-state index is -0.118. The monoisotopic (exact) mass is 289 g/mol. The van der Waals surface area contributed by atoms with Gasteiger partial charge in [0.25, 0.3) is 0 Å². The van der Waals surface area contributed by atoms with E-state index in [4.69, 9.17) is 9.84 Å². The molecule has 0 heterocycles. The topological polar surface area (TPSA) is 32.7 Å². The molecule has 3 nitrogen and oxygen atoms in total. The Morgan fingerprint density at radius 2 is 2.00 bits per heavy atom. The molecule has 0 fully saturated rings. The standard InChI is InChI=1S/C18H27NO2/c1-14(2)11-15(3)19(4)13-17-12-16(7-6-10-20)8-9-18(17)21-5/h8-9,12,14-15,20H,10-11,13H2,1-5H3. The lowest BCUT2D eigenvalue weighted by molar-refractivity contribution is 0.218. The summed E-state index contributed by atoms with van der Waals surface area (Å²) in [7, 11) is 3.83. The molecule has 0 saturated carbocycles. The second kappa shape index (κ2) is 8.71. The molecule has 0 spiro atoms. The van der Waals surface area contributed by atoms with E-state index < -0.39 is 0 Å². The zero-order valence-electron chi connectivity index (χ0n) is 13.8. The van der Waals surface area contributed by atoms with Crippen molar-refractivity contribution in [3.63, 3.8) is 0 Å². The fourth-order valence-corrected chi connectivity index (χ4v) is 2.41. The van der Waals surface area contributed by atoms with Crippen LogP contribution in [0.25, 0.3) is 0 Å². The van der Waals surface area contributed by atoms with Crippen LogP contribution in [0.3, 0.4) is 0 Å². The summed E-state index contributed by atoms with van der Waals surface area (Å²) in [6, 6.07) is 6.42. The van der Waals surface area contributed by atoms with Crippen molar-refractivity contribution >= 4 is 0 Å². The van der Waals surface area contributed by atoms with Gasteiger partial charge in [0.2, 0.25) is 0 Å². The van der Waals surface area contributed by atoms with Crippen LogP contribution in [0.15, 0.2) is 18.2 Å². The first kappa shape index (κ1) is 17.6. The summed E-state index contributed by atoms with van der Waals surface area (Å²) < 4.78 is 5.44. The Morgan fingerprint density at radius 1 is 1.29 bits per heavy atom. The highest BCUT2D eigenvalue weighted by atomic mass is 16.5. The highest BCUT2D eigenvalue weighted by Gasteiger charge is 2.13. The third-order valence-electron chi connectivity index (χ3n) is 3.58. The average molecular weight is 289 g/mol. The van der Waals surface area contributed by atoms with E-state index >= 15 is 0 Å². The van der Waals surface area contributed by atoms with Gasteiger partial charge in [0.05, 0.1) is 7.11 Å². The van der Waals surface area contributed by atoms with Gasteiger partial charge < -0.3 is 9.84 Å². The molecule has 0 radical (unpaired) electrons. The Labute approximate surface area is 128 Å². The first-order chi connectivity index (χ1) is 9.97. The number of aliphatic hydroxyl groups is 1. The third kappa shape index (κ3) is 5.79. The lowest BCUT2D eigenvalue weighted by Gasteiger charge is -2.26. The lowest BCUT2D eigenvalue weighted by atomic mass is 10.0. The molecule has 116 valence electrons. The van der Waals surface area contributed by atoms with Crippen molar-refractivity contribution in [3.05, 3.63) is 29.3 Å². The minimum absolute atomic E-state index is 0.118. The number of ether oxygens (including phenoxy) is 1. The fourth-order valence-electron chi connectivity index (χ4n) is 2.41. The molecule has 1 unspecified atom stereocenters. The van der Waals surface area contributed by atoms with E-state index in [0.717, 1.165) is 23.4 Å². The van der Waals surface area contributed by atoms with Crippen molar-refractivity contribution in [2.45, 2.75) is 39.8 Å². The maximum Gasteiger partial charge on any atom is 0.123 e. The Morgan fingerprint density at radius 3 is 2.57 bits per heavy atom. The van der Waals surface area contributed by atoms with Crippen LogP contribution in [0.5, 0.6) is 5.75 Å². The van der Waals surface area contributed by atoms with Gasteiger partial charge >= 0.3 is 0 Å². The molecule has 0 aromatic heterocycles. The largest absolute Gasteiger partial charge is 0.496 e. The maximum atomic E-state index is 8.79. The van der Waals surface area contributed by atoms with Gasteiger partial charge in [-0.25, -0.2) is 0 Å². The molecule has 1 rings (SSSR count). The zero-order chi connectivity index (χ0) is 15.8. The van der Waals surface area contributed by atoms with E-state index in [1.807, 2.05) is 18.2 Å². The van der Waals surface area contributed by atoms with Crippen molar-refractivity contribution in [1.82, 2.24) is 4.90 Å². The van der Waals surface area contributed by atoms with Crippen molar-refractivity contribution in [2.24, 2.45) is 5.92 Å².